The van der Waals surface area contributed by atoms with E-state index in [9.17, 15) is 24.3 Å². The third kappa shape index (κ3) is 10.7. The predicted molar refractivity (Wildman–Crippen MR) is 204 cm³/mol. The number of carbonyl (C=O) groups excluding carboxylic acids is 3. The minimum absolute atomic E-state index is 0.0755. The molecule has 0 spiro atoms. The first-order chi connectivity index (χ1) is 25.1. The van der Waals surface area contributed by atoms with Crippen LogP contribution < -0.4 is 30.3 Å². The van der Waals surface area contributed by atoms with Crippen LogP contribution in [-0.2, 0) is 33.8 Å². The molecule has 4 aromatic rings. The second-order valence-electron chi connectivity index (χ2n) is 12.0. The lowest BCUT2D eigenvalue weighted by atomic mass is 10.1. The highest BCUT2D eigenvalue weighted by atomic mass is 16.5. The van der Waals surface area contributed by atoms with Crippen LogP contribution >= 0.6 is 0 Å². The number of ether oxygens (including phenoxy) is 2. The van der Waals surface area contributed by atoms with Gasteiger partial charge in [0.25, 0.3) is 0 Å². The molecule has 0 atom stereocenters. The number of nitrogens with one attached hydrogen (secondary N) is 3. The van der Waals surface area contributed by atoms with Crippen molar-refractivity contribution in [2.24, 2.45) is 0 Å². The Morgan fingerprint density at radius 2 is 1.44 bits per heavy atom. The predicted octanol–water partition coefficient (Wildman–Crippen LogP) is 6.73. The number of benzene rings is 4. The summed E-state index contributed by atoms with van der Waals surface area (Å²) in [5.41, 5.74) is 6.21. The number of methoxy groups -OCH3 is 2. The quantitative estimate of drug-likeness (QED) is 0.119. The second kappa shape index (κ2) is 18.8. The molecule has 0 saturated carbocycles. The number of para-hydroxylation sites is 1. The number of hydrogen-bond acceptors (Lipinski definition) is 7. The Morgan fingerprint density at radius 3 is 2.13 bits per heavy atom. The summed E-state index contributed by atoms with van der Waals surface area (Å²) in [6.45, 7) is 6.81. The smallest absolute Gasteiger partial charge is 0.323 e. The molecule has 274 valence electrons. The van der Waals surface area contributed by atoms with Gasteiger partial charge in [-0.1, -0.05) is 50.2 Å². The Balaban J connectivity index is 0.00000297. The maximum Gasteiger partial charge on any atom is 0.323 e. The number of urea groups is 1. The van der Waals surface area contributed by atoms with Gasteiger partial charge in [-0.3, -0.25) is 14.4 Å². The van der Waals surface area contributed by atoms with Crippen LogP contribution in [0.5, 0.6) is 11.5 Å². The number of nitrogens with zero attached hydrogens (tertiary/aromatic N) is 2. The van der Waals surface area contributed by atoms with Crippen molar-refractivity contribution in [3.05, 3.63) is 107 Å². The summed E-state index contributed by atoms with van der Waals surface area (Å²) < 4.78 is 10.8. The first kappa shape index (κ1) is 38.8. The number of hydrogen-bond donors (Lipinski definition) is 4. The van der Waals surface area contributed by atoms with E-state index >= 15 is 0 Å². The third-order valence-corrected chi connectivity index (χ3v) is 8.43. The van der Waals surface area contributed by atoms with Crippen LogP contribution in [0, 0.1) is 6.92 Å². The Morgan fingerprint density at radius 1 is 0.750 bits per heavy atom. The van der Waals surface area contributed by atoms with Gasteiger partial charge in [0, 0.05) is 42.4 Å². The molecule has 1 aliphatic rings. The summed E-state index contributed by atoms with van der Waals surface area (Å²) in [6.07, 6.45) is 0.550. The Labute approximate surface area is 304 Å². The number of carboxylic acids is 1. The Kier molecular flexibility index (Phi) is 14.0. The normalized spacial score (nSPS) is 12.1. The topological polar surface area (TPSA) is 150 Å². The summed E-state index contributed by atoms with van der Waals surface area (Å²) in [7, 11) is 3.16. The van der Waals surface area contributed by atoms with Gasteiger partial charge in [0.05, 0.1) is 33.6 Å². The third-order valence-electron chi connectivity index (χ3n) is 8.43. The lowest BCUT2D eigenvalue weighted by molar-refractivity contribution is -0.138. The highest BCUT2D eigenvalue weighted by Gasteiger charge is 2.26. The van der Waals surface area contributed by atoms with Crippen molar-refractivity contribution in [2.45, 2.75) is 46.6 Å². The molecule has 0 fully saturated rings. The largest absolute Gasteiger partial charge is 0.493 e. The van der Waals surface area contributed by atoms with E-state index in [0.29, 0.717) is 35.8 Å². The second-order valence-corrected chi connectivity index (χ2v) is 12.0. The molecule has 0 bridgehead atoms. The van der Waals surface area contributed by atoms with Crippen molar-refractivity contribution in [2.75, 3.05) is 54.7 Å². The number of rotatable bonds is 13. The number of carbonyl (C=O) groups is 4. The molecule has 1 aliphatic heterocycles. The Hall–Kier alpha value is -6.04. The van der Waals surface area contributed by atoms with Crippen LogP contribution in [0.4, 0.5) is 27.5 Å². The number of aryl methyl sites for hydroxylation is 1. The molecule has 0 aromatic heterocycles. The molecular formula is C40H47N5O7. The van der Waals surface area contributed by atoms with Gasteiger partial charge in [-0.25, -0.2) is 4.79 Å². The van der Waals surface area contributed by atoms with Crippen LogP contribution in [0.1, 0.15) is 42.5 Å². The van der Waals surface area contributed by atoms with Gasteiger partial charge in [-0.2, -0.15) is 0 Å². The zero-order valence-electron chi connectivity index (χ0n) is 30.3. The van der Waals surface area contributed by atoms with Crippen LogP contribution in [0.15, 0.2) is 84.9 Å². The molecule has 4 amide bonds. The minimum atomic E-state index is -0.983. The summed E-state index contributed by atoms with van der Waals surface area (Å²) in [4.78, 5) is 53.7. The van der Waals surface area contributed by atoms with Gasteiger partial charge in [0.1, 0.15) is 0 Å². The molecule has 0 radical (unpaired) electrons. The number of anilines is 4. The molecule has 4 N–H and O–H groups in total. The van der Waals surface area contributed by atoms with Crippen LogP contribution in [0.3, 0.4) is 0 Å². The molecule has 0 aliphatic carbocycles. The van der Waals surface area contributed by atoms with Crippen molar-refractivity contribution in [3.8, 4) is 11.5 Å². The van der Waals surface area contributed by atoms with Crippen molar-refractivity contribution < 1.29 is 33.8 Å². The van der Waals surface area contributed by atoms with Gasteiger partial charge < -0.3 is 40.3 Å². The van der Waals surface area contributed by atoms with Crippen LogP contribution in [0.2, 0.25) is 0 Å². The first-order valence-corrected chi connectivity index (χ1v) is 17.2. The standard InChI is InChI=1S/C38H41N5O7.C2H6/c1-25-6-4-5-7-31(25)41-38(48)40-29-11-8-26(9-12-29)21-35(44)39-30-13-14-32-28(22-30)23-43(19-17-37(46)47)36(45)24-42(32)18-16-27-10-15-33(49-2)34(20-27)50-3;1-2/h4-15,20,22H,16-19,21,23-24H2,1-3H3,(H,39,44)(H,46,47)(H2,40,41,48);1-2H3. The first-order valence-electron chi connectivity index (χ1n) is 17.2. The average molecular weight is 710 g/mol. The monoisotopic (exact) mass is 709 g/mol. The number of carboxylic acid groups (broad SMARTS) is 1. The SMILES string of the molecule is CC.COc1ccc(CCN2CC(=O)N(CCC(=O)O)Cc3cc(NC(=O)Cc4ccc(NC(=O)Nc5ccccc5C)cc4)ccc32)cc1OC. The van der Waals surface area contributed by atoms with E-state index in [1.165, 1.54) is 0 Å². The minimum Gasteiger partial charge on any atom is -0.493 e. The fraction of sp³-hybridized carbons (Fsp3) is 0.300. The van der Waals surface area contributed by atoms with Gasteiger partial charge in [-0.15, -0.1) is 0 Å². The molecule has 12 heteroatoms. The fourth-order valence-corrected chi connectivity index (χ4v) is 5.77. The Bertz CT molecular complexity index is 1860. The number of aliphatic carboxylic acids is 1. The van der Waals surface area contributed by atoms with Crippen LogP contribution in [-0.4, -0.2) is 67.7 Å². The fourth-order valence-electron chi connectivity index (χ4n) is 5.77. The highest BCUT2D eigenvalue weighted by Crippen LogP contribution is 2.31. The molecule has 1 heterocycles. The lowest BCUT2D eigenvalue weighted by Crippen LogP contribution is -2.38. The maximum atomic E-state index is 13.3. The summed E-state index contributed by atoms with van der Waals surface area (Å²) in [5, 5.41) is 17.9. The van der Waals surface area contributed by atoms with Crippen LogP contribution in [0.25, 0.3) is 0 Å². The van der Waals surface area contributed by atoms with Crippen molar-refractivity contribution in [3.63, 3.8) is 0 Å². The molecular weight excluding hydrogens is 662 g/mol. The van der Waals surface area contributed by atoms with E-state index in [1.807, 2.05) is 80.3 Å². The lowest BCUT2D eigenvalue weighted by Gasteiger charge is -2.24. The van der Waals surface area contributed by atoms with Gasteiger partial charge in [0.2, 0.25) is 11.8 Å². The van der Waals surface area contributed by atoms with Crippen molar-refractivity contribution in [1.82, 2.24) is 4.90 Å². The van der Waals surface area contributed by atoms with Crippen molar-refractivity contribution >= 4 is 46.6 Å². The van der Waals surface area contributed by atoms with E-state index in [0.717, 1.165) is 33.6 Å². The van der Waals surface area contributed by atoms with E-state index in [2.05, 4.69) is 16.0 Å². The van der Waals surface area contributed by atoms with E-state index in [-0.39, 0.29) is 50.3 Å². The van der Waals surface area contributed by atoms with E-state index < -0.39 is 5.97 Å². The summed E-state index contributed by atoms with van der Waals surface area (Å²) >= 11 is 0. The zero-order valence-corrected chi connectivity index (χ0v) is 30.3. The van der Waals surface area contributed by atoms with Gasteiger partial charge in [-0.05, 0) is 84.1 Å². The molecule has 4 aromatic carbocycles. The van der Waals surface area contributed by atoms with Gasteiger partial charge in [0.15, 0.2) is 11.5 Å². The molecule has 0 unspecified atom stereocenters. The van der Waals surface area contributed by atoms with Gasteiger partial charge >= 0.3 is 12.0 Å². The summed E-state index contributed by atoms with van der Waals surface area (Å²) in [5.74, 6) is -0.149. The highest BCUT2D eigenvalue weighted by molar-refractivity contribution is 6.00. The molecule has 12 nitrogen and oxygen atoms in total. The number of amides is 4. The molecule has 5 rings (SSSR count). The summed E-state index contributed by atoms with van der Waals surface area (Å²) in [6, 6.07) is 25.4. The maximum absolute atomic E-state index is 13.3. The number of fused-ring (bicyclic) bond motifs is 1. The zero-order chi connectivity index (χ0) is 37.6. The van der Waals surface area contributed by atoms with Crippen molar-refractivity contribution in [1.29, 1.82) is 0 Å². The molecule has 0 saturated heterocycles. The average Bonchev–Trinajstić information content (AvgIpc) is 3.27. The van der Waals surface area contributed by atoms with E-state index in [1.54, 1.807) is 49.5 Å². The molecule has 52 heavy (non-hydrogen) atoms. The van der Waals surface area contributed by atoms with E-state index in [4.69, 9.17) is 9.47 Å².